The van der Waals surface area contributed by atoms with Crippen LogP contribution in [0.5, 0.6) is 0 Å². The molecule has 2 rings (SSSR count). The second kappa shape index (κ2) is 6.43. The monoisotopic (exact) mass is 314 g/mol. The van der Waals surface area contributed by atoms with Gasteiger partial charge in [0.25, 0.3) is 0 Å². The first-order valence-corrected chi connectivity index (χ1v) is 8.69. The lowest BCUT2D eigenvalue weighted by atomic mass is 10.1. The summed E-state index contributed by atoms with van der Waals surface area (Å²) in [5, 5.41) is 5.29. The van der Waals surface area contributed by atoms with Crippen molar-refractivity contribution >= 4 is 15.9 Å². The van der Waals surface area contributed by atoms with E-state index < -0.39 is 21.9 Å². The maximum Gasteiger partial charge on any atom is 0.315 e. The molecule has 1 aromatic rings. The first kappa shape index (κ1) is 15.8. The quantitative estimate of drug-likeness (QED) is 0.887. The number of urea groups is 1. The summed E-state index contributed by atoms with van der Waals surface area (Å²) in [5.74, 6) is -0.0976. The average Bonchev–Trinajstić information content (AvgIpc) is 2.76. The molecule has 1 fully saturated rings. The van der Waals surface area contributed by atoms with Crippen molar-refractivity contribution in [2.45, 2.75) is 19.4 Å². The van der Waals surface area contributed by atoms with Gasteiger partial charge in [-0.1, -0.05) is 18.2 Å². The summed E-state index contributed by atoms with van der Waals surface area (Å²) in [5.41, 5.74) is 0.413. The molecule has 21 heavy (non-hydrogen) atoms. The summed E-state index contributed by atoms with van der Waals surface area (Å²) >= 11 is 0. The maximum atomic E-state index is 13.6. The number of halogens is 1. The molecule has 1 heterocycles. The van der Waals surface area contributed by atoms with Gasteiger partial charge in [-0.25, -0.2) is 17.6 Å². The molecule has 0 unspecified atom stereocenters. The van der Waals surface area contributed by atoms with Gasteiger partial charge in [-0.05, 0) is 25.3 Å². The Bertz CT molecular complexity index is 618. The average molecular weight is 314 g/mol. The minimum absolute atomic E-state index is 0.0375. The summed E-state index contributed by atoms with van der Waals surface area (Å²) in [7, 11) is -2.94. The minimum atomic E-state index is -2.94. The van der Waals surface area contributed by atoms with Gasteiger partial charge in [0.2, 0.25) is 0 Å². The SMILES string of the molecule is C[C@@H](NC(=O)NC[C@@H]1CCS(=O)(=O)C1)c1ccccc1F. The third-order valence-corrected chi connectivity index (χ3v) is 5.43. The van der Waals surface area contributed by atoms with Crippen LogP contribution in [0, 0.1) is 11.7 Å². The molecule has 2 amide bonds. The second-order valence-corrected chi connectivity index (χ2v) is 7.60. The maximum absolute atomic E-state index is 13.6. The van der Waals surface area contributed by atoms with Crippen LogP contribution in [0.2, 0.25) is 0 Å². The van der Waals surface area contributed by atoms with E-state index in [0.717, 1.165) is 0 Å². The lowest BCUT2D eigenvalue weighted by molar-refractivity contribution is 0.236. The summed E-state index contributed by atoms with van der Waals surface area (Å²) in [4.78, 5) is 11.8. The molecular weight excluding hydrogens is 295 g/mol. The van der Waals surface area contributed by atoms with Crippen molar-refractivity contribution in [2.24, 2.45) is 5.92 Å². The Morgan fingerprint density at radius 1 is 1.43 bits per heavy atom. The molecule has 0 aliphatic carbocycles. The molecule has 1 aliphatic rings. The molecule has 0 radical (unpaired) electrons. The Kier molecular flexibility index (Phi) is 4.82. The van der Waals surface area contributed by atoms with E-state index in [4.69, 9.17) is 0 Å². The fourth-order valence-electron chi connectivity index (χ4n) is 2.42. The van der Waals surface area contributed by atoms with E-state index in [2.05, 4.69) is 10.6 Å². The summed E-state index contributed by atoms with van der Waals surface area (Å²) in [6.45, 7) is 2.01. The van der Waals surface area contributed by atoms with Gasteiger partial charge in [0.05, 0.1) is 17.5 Å². The molecule has 5 nitrogen and oxygen atoms in total. The predicted octanol–water partition coefficient (Wildman–Crippen LogP) is 1.62. The number of rotatable bonds is 4. The topological polar surface area (TPSA) is 75.3 Å². The van der Waals surface area contributed by atoms with Gasteiger partial charge in [0.15, 0.2) is 9.84 Å². The third-order valence-electron chi connectivity index (χ3n) is 3.60. The zero-order valence-electron chi connectivity index (χ0n) is 11.8. The molecule has 2 atom stereocenters. The summed E-state index contributed by atoms with van der Waals surface area (Å²) in [6.07, 6.45) is 0.575. The van der Waals surface area contributed by atoms with Gasteiger partial charge < -0.3 is 10.6 Å². The summed E-state index contributed by atoms with van der Waals surface area (Å²) < 4.78 is 36.2. The molecule has 1 saturated heterocycles. The minimum Gasteiger partial charge on any atom is -0.338 e. The normalized spacial score (nSPS) is 21.7. The molecular formula is C14H19FN2O3S. The molecule has 1 aromatic carbocycles. The van der Waals surface area contributed by atoms with E-state index in [1.165, 1.54) is 6.07 Å². The van der Waals surface area contributed by atoms with Gasteiger partial charge in [-0.15, -0.1) is 0 Å². The van der Waals surface area contributed by atoms with Gasteiger partial charge in [0, 0.05) is 12.1 Å². The highest BCUT2D eigenvalue weighted by Crippen LogP contribution is 2.18. The van der Waals surface area contributed by atoms with E-state index >= 15 is 0 Å². The van der Waals surface area contributed by atoms with E-state index in [9.17, 15) is 17.6 Å². The van der Waals surface area contributed by atoms with Crippen molar-refractivity contribution in [1.29, 1.82) is 0 Å². The van der Waals surface area contributed by atoms with Crippen LogP contribution >= 0.6 is 0 Å². The van der Waals surface area contributed by atoms with Crippen molar-refractivity contribution in [3.63, 3.8) is 0 Å². The second-order valence-electron chi connectivity index (χ2n) is 5.37. The Labute approximate surface area is 123 Å². The van der Waals surface area contributed by atoms with Gasteiger partial charge in [-0.3, -0.25) is 0 Å². The largest absolute Gasteiger partial charge is 0.338 e. The van der Waals surface area contributed by atoms with Gasteiger partial charge in [-0.2, -0.15) is 0 Å². The van der Waals surface area contributed by atoms with Crippen LogP contribution in [0.15, 0.2) is 24.3 Å². The number of amides is 2. The highest BCUT2D eigenvalue weighted by Gasteiger charge is 2.28. The molecule has 116 valence electrons. The van der Waals surface area contributed by atoms with Crippen LogP contribution in [0.3, 0.4) is 0 Å². The van der Waals surface area contributed by atoms with Crippen LogP contribution in [0.25, 0.3) is 0 Å². The number of nitrogens with one attached hydrogen (secondary N) is 2. The Morgan fingerprint density at radius 2 is 2.14 bits per heavy atom. The number of benzene rings is 1. The fourth-order valence-corrected chi connectivity index (χ4v) is 4.28. The van der Waals surface area contributed by atoms with Crippen molar-refractivity contribution < 1.29 is 17.6 Å². The molecule has 0 bridgehead atoms. The number of carbonyl (C=O) groups is 1. The lowest BCUT2D eigenvalue weighted by Gasteiger charge is -2.16. The van der Waals surface area contributed by atoms with Gasteiger partial charge in [0.1, 0.15) is 5.82 Å². The van der Waals surface area contributed by atoms with Crippen molar-refractivity contribution in [1.82, 2.24) is 10.6 Å². The third kappa shape index (κ3) is 4.42. The van der Waals surface area contributed by atoms with Crippen molar-refractivity contribution in [3.05, 3.63) is 35.6 Å². The Balaban J connectivity index is 1.81. The molecule has 2 N–H and O–H groups in total. The van der Waals surface area contributed by atoms with Crippen molar-refractivity contribution in [2.75, 3.05) is 18.1 Å². The molecule has 0 aromatic heterocycles. The number of hydrogen-bond donors (Lipinski definition) is 2. The Hall–Kier alpha value is -1.63. The van der Waals surface area contributed by atoms with Crippen LogP contribution in [-0.2, 0) is 9.84 Å². The van der Waals surface area contributed by atoms with E-state index in [1.807, 2.05) is 0 Å². The predicted molar refractivity (Wildman–Crippen MR) is 78.1 cm³/mol. The first-order chi connectivity index (χ1) is 9.87. The van der Waals surface area contributed by atoms with E-state index in [-0.39, 0.29) is 23.2 Å². The van der Waals surface area contributed by atoms with Crippen LogP contribution in [0.1, 0.15) is 24.9 Å². The smallest absolute Gasteiger partial charge is 0.315 e. The highest BCUT2D eigenvalue weighted by atomic mass is 32.2. The summed E-state index contributed by atoms with van der Waals surface area (Å²) in [6, 6.07) is 5.37. The number of hydrogen-bond acceptors (Lipinski definition) is 3. The van der Waals surface area contributed by atoms with Crippen LogP contribution < -0.4 is 10.6 Å². The van der Waals surface area contributed by atoms with Crippen molar-refractivity contribution in [3.8, 4) is 0 Å². The van der Waals surface area contributed by atoms with E-state index in [1.54, 1.807) is 25.1 Å². The zero-order valence-corrected chi connectivity index (χ0v) is 12.6. The fraction of sp³-hybridized carbons (Fsp3) is 0.500. The number of carbonyl (C=O) groups excluding carboxylic acids is 1. The molecule has 0 spiro atoms. The molecule has 7 heteroatoms. The first-order valence-electron chi connectivity index (χ1n) is 6.86. The molecule has 1 aliphatic heterocycles. The number of sulfone groups is 1. The Morgan fingerprint density at radius 3 is 2.76 bits per heavy atom. The van der Waals surface area contributed by atoms with Crippen LogP contribution in [0.4, 0.5) is 9.18 Å². The lowest BCUT2D eigenvalue weighted by Crippen LogP contribution is -2.39. The highest BCUT2D eigenvalue weighted by molar-refractivity contribution is 7.91. The van der Waals surface area contributed by atoms with E-state index in [0.29, 0.717) is 18.5 Å². The standard InChI is InChI=1S/C14H19FN2O3S/c1-10(12-4-2-3-5-13(12)15)17-14(18)16-8-11-6-7-21(19,20)9-11/h2-5,10-11H,6-9H2,1H3,(H2,16,17,18)/t10-,11+/m1/s1. The molecule has 0 saturated carbocycles. The zero-order chi connectivity index (χ0) is 15.5. The van der Waals surface area contributed by atoms with Gasteiger partial charge >= 0.3 is 6.03 Å². The van der Waals surface area contributed by atoms with Crippen LogP contribution in [-0.4, -0.2) is 32.5 Å².